The number of aryl methyl sites for hydroxylation is 1. The molecule has 0 unspecified atom stereocenters. The summed E-state index contributed by atoms with van der Waals surface area (Å²) in [6.07, 6.45) is 0. The van der Waals surface area contributed by atoms with Crippen LogP contribution in [0.4, 0.5) is 0 Å². The minimum absolute atomic E-state index is 0.224. The van der Waals surface area contributed by atoms with E-state index >= 15 is 0 Å². The Kier molecular flexibility index (Phi) is 4.92. The van der Waals surface area contributed by atoms with Gasteiger partial charge in [0.2, 0.25) is 11.8 Å². The third-order valence-corrected chi connectivity index (χ3v) is 7.56. The molecule has 35 heavy (non-hydrogen) atoms. The first kappa shape index (κ1) is 21.5. The van der Waals surface area contributed by atoms with E-state index in [1.165, 1.54) is 0 Å². The van der Waals surface area contributed by atoms with E-state index in [1.807, 2.05) is 67.6 Å². The van der Waals surface area contributed by atoms with E-state index in [2.05, 4.69) is 0 Å². The molecule has 0 aromatic heterocycles. The van der Waals surface area contributed by atoms with Crippen LogP contribution in [0.5, 0.6) is 0 Å². The van der Waals surface area contributed by atoms with Gasteiger partial charge in [0, 0.05) is 17.4 Å². The van der Waals surface area contributed by atoms with Crippen LogP contribution in [0, 0.1) is 18.8 Å². The third-order valence-electron chi connectivity index (χ3n) is 7.56. The van der Waals surface area contributed by atoms with Crippen molar-refractivity contribution in [3.05, 3.63) is 106 Å². The summed E-state index contributed by atoms with van der Waals surface area (Å²) in [6.45, 7) is 0.990. The summed E-state index contributed by atoms with van der Waals surface area (Å²) in [5.41, 5.74) is 5.76. The number of imide groups is 1. The van der Waals surface area contributed by atoms with Crippen molar-refractivity contribution in [2.45, 2.75) is 18.8 Å². The third kappa shape index (κ3) is 3.24. The molecule has 174 valence electrons. The van der Waals surface area contributed by atoms with E-state index in [4.69, 9.17) is 4.74 Å². The predicted molar refractivity (Wildman–Crippen MR) is 127 cm³/mol. The largest absolute Gasteiger partial charge is 0.456 e. The quantitative estimate of drug-likeness (QED) is 0.327. The molecule has 0 N–H and O–H groups in total. The Labute approximate surface area is 202 Å². The maximum Gasteiger partial charge on any atom is 0.326 e. The number of hydrogen-bond acceptors (Lipinski definition) is 5. The SMILES string of the molecule is Cc1ccc(C(=O)COC(=O)CN2C(=O)[C@@H]3C4c5ccccc5C(c5ccccc54)[C@H]3C2=O)cc1. The van der Waals surface area contributed by atoms with E-state index < -0.39 is 31.0 Å². The number of carbonyl (C=O) groups is 4. The number of nitrogens with zero attached hydrogens (tertiary/aromatic N) is 1. The van der Waals surface area contributed by atoms with E-state index in [0.717, 1.165) is 32.7 Å². The molecule has 1 aliphatic heterocycles. The first-order valence-electron chi connectivity index (χ1n) is 11.7. The molecule has 6 nitrogen and oxygen atoms in total. The lowest BCUT2D eigenvalue weighted by atomic mass is 9.55. The minimum atomic E-state index is -0.770. The number of Topliss-reactive ketones (excluding diaryl/α,β-unsaturated/α-hetero) is 1. The summed E-state index contributed by atoms with van der Waals surface area (Å²) in [7, 11) is 0. The van der Waals surface area contributed by atoms with Crippen LogP contribution in [-0.4, -0.2) is 41.6 Å². The maximum atomic E-state index is 13.5. The zero-order chi connectivity index (χ0) is 24.3. The average Bonchev–Trinajstić information content (AvgIpc) is 3.13. The molecule has 2 atom stereocenters. The molecular formula is C29H23NO5. The highest BCUT2D eigenvalue weighted by Crippen LogP contribution is 2.60. The molecule has 0 saturated carbocycles. The van der Waals surface area contributed by atoms with Gasteiger partial charge in [-0.2, -0.15) is 0 Å². The summed E-state index contributed by atoms with van der Waals surface area (Å²) in [5.74, 6) is -3.33. The molecule has 0 spiro atoms. The van der Waals surface area contributed by atoms with E-state index in [9.17, 15) is 19.2 Å². The predicted octanol–water partition coefficient (Wildman–Crippen LogP) is 3.61. The van der Waals surface area contributed by atoms with Gasteiger partial charge in [-0.3, -0.25) is 24.1 Å². The monoisotopic (exact) mass is 465 g/mol. The van der Waals surface area contributed by atoms with Crippen LogP contribution in [0.15, 0.2) is 72.8 Å². The Morgan fingerprint density at radius 1 is 0.743 bits per heavy atom. The first-order chi connectivity index (χ1) is 17.0. The zero-order valence-corrected chi connectivity index (χ0v) is 19.1. The molecule has 6 heteroatoms. The Morgan fingerprint density at radius 2 is 1.20 bits per heavy atom. The van der Waals surface area contributed by atoms with Gasteiger partial charge in [0.1, 0.15) is 6.54 Å². The second-order valence-electron chi connectivity index (χ2n) is 9.48. The van der Waals surface area contributed by atoms with Gasteiger partial charge >= 0.3 is 5.97 Å². The van der Waals surface area contributed by atoms with Crippen LogP contribution in [0.25, 0.3) is 0 Å². The number of carbonyl (C=O) groups excluding carboxylic acids is 4. The van der Waals surface area contributed by atoms with Gasteiger partial charge in [0.25, 0.3) is 0 Å². The Morgan fingerprint density at radius 3 is 1.66 bits per heavy atom. The highest BCUT2D eigenvalue weighted by molar-refractivity contribution is 6.09. The van der Waals surface area contributed by atoms with Crippen molar-refractivity contribution < 1.29 is 23.9 Å². The molecule has 4 aliphatic rings. The van der Waals surface area contributed by atoms with Crippen molar-refractivity contribution in [2.75, 3.05) is 13.2 Å². The fraction of sp³-hybridized carbons (Fsp3) is 0.241. The number of likely N-dealkylation sites (tertiary alicyclic amines) is 1. The van der Waals surface area contributed by atoms with E-state index in [0.29, 0.717) is 5.56 Å². The van der Waals surface area contributed by atoms with Gasteiger partial charge in [-0.05, 0) is 29.2 Å². The maximum absolute atomic E-state index is 13.5. The molecular weight excluding hydrogens is 442 g/mol. The molecule has 3 aromatic rings. The normalized spacial score (nSPS) is 23.5. The van der Waals surface area contributed by atoms with Crippen LogP contribution >= 0.6 is 0 Å². The van der Waals surface area contributed by atoms with Crippen LogP contribution in [0.2, 0.25) is 0 Å². The van der Waals surface area contributed by atoms with Crippen LogP contribution in [-0.2, 0) is 19.1 Å². The number of amides is 2. The van der Waals surface area contributed by atoms with Crippen molar-refractivity contribution in [2.24, 2.45) is 11.8 Å². The Hall–Kier alpha value is -4.06. The Bertz CT molecular complexity index is 1280. The van der Waals surface area contributed by atoms with Crippen LogP contribution in [0.3, 0.4) is 0 Å². The molecule has 1 heterocycles. The molecule has 3 aromatic carbocycles. The van der Waals surface area contributed by atoms with Gasteiger partial charge in [-0.1, -0.05) is 78.4 Å². The topological polar surface area (TPSA) is 80.8 Å². The fourth-order valence-corrected chi connectivity index (χ4v) is 6.04. The summed E-state index contributed by atoms with van der Waals surface area (Å²) in [6, 6.07) is 22.9. The van der Waals surface area contributed by atoms with Crippen LogP contribution < -0.4 is 0 Å². The number of esters is 1. The lowest BCUT2D eigenvalue weighted by Gasteiger charge is -2.45. The van der Waals surface area contributed by atoms with Crippen molar-refractivity contribution >= 4 is 23.6 Å². The molecule has 3 aliphatic carbocycles. The molecule has 7 rings (SSSR count). The smallest absolute Gasteiger partial charge is 0.326 e. The molecule has 1 saturated heterocycles. The summed E-state index contributed by atoms with van der Waals surface area (Å²) >= 11 is 0. The fourth-order valence-electron chi connectivity index (χ4n) is 6.04. The lowest BCUT2D eigenvalue weighted by molar-refractivity contribution is -0.152. The molecule has 2 amide bonds. The summed E-state index contributed by atoms with van der Waals surface area (Å²) < 4.78 is 5.16. The number of ether oxygens (including phenoxy) is 1. The number of hydrogen-bond donors (Lipinski definition) is 0. The van der Waals surface area contributed by atoms with Crippen molar-refractivity contribution in [1.29, 1.82) is 0 Å². The number of benzene rings is 3. The van der Waals surface area contributed by atoms with Gasteiger partial charge in [-0.25, -0.2) is 0 Å². The number of rotatable bonds is 5. The number of ketones is 1. The average molecular weight is 466 g/mol. The van der Waals surface area contributed by atoms with Crippen molar-refractivity contribution in [3.63, 3.8) is 0 Å². The highest BCUT2D eigenvalue weighted by atomic mass is 16.5. The second-order valence-corrected chi connectivity index (χ2v) is 9.48. The van der Waals surface area contributed by atoms with E-state index in [1.54, 1.807) is 12.1 Å². The summed E-state index contributed by atoms with van der Waals surface area (Å²) in [5, 5.41) is 0. The van der Waals surface area contributed by atoms with E-state index in [-0.39, 0.29) is 29.4 Å². The minimum Gasteiger partial charge on any atom is -0.456 e. The summed E-state index contributed by atoms with van der Waals surface area (Å²) in [4.78, 5) is 53.0. The standard InChI is InChI=1S/C29H23NO5/c1-16-10-12-17(13-11-16)22(31)15-35-23(32)14-30-28(33)26-24-18-6-2-3-7-19(18)25(27(26)29(30)34)21-9-5-4-8-20(21)24/h2-13,24-27H,14-15H2,1H3/t24?,25?,26-,27-/m1/s1. The lowest BCUT2D eigenvalue weighted by Crippen LogP contribution is -2.41. The Balaban J connectivity index is 1.23. The first-order valence-corrected chi connectivity index (χ1v) is 11.7. The van der Waals surface area contributed by atoms with Crippen molar-refractivity contribution in [3.8, 4) is 0 Å². The van der Waals surface area contributed by atoms with Crippen LogP contribution in [0.1, 0.15) is 50.0 Å². The van der Waals surface area contributed by atoms with Gasteiger partial charge in [0.05, 0.1) is 11.8 Å². The van der Waals surface area contributed by atoms with Gasteiger partial charge in [-0.15, -0.1) is 0 Å². The highest BCUT2D eigenvalue weighted by Gasteiger charge is 2.61. The van der Waals surface area contributed by atoms with Crippen molar-refractivity contribution in [1.82, 2.24) is 4.90 Å². The molecule has 1 fully saturated rings. The molecule has 2 bridgehead atoms. The molecule has 0 radical (unpaired) electrons. The van der Waals surface area contributed by atoms with Gasteiger partial charge in [0.15, 0.2) is 12.4 Å². The van der Waals surface area contributed by atoms with Gasteiger partial charge < -0.3 is 4.74 Å². The second kappa shape index (κ2) is 8.01. The zero-order valence-electron chi connectivity index (χ0n) is 19.1.